The van der Waals surface area contributed by atoms with E-state index in [1.807, 2.05) is 17.0 Å². The van der Waals surface area contributed by atoms with E-state index in [0.29, 0.717) is 12.6 Å². The summed E-state index contributed by atoms with van der Waals surface area (Å²) >= 11 is 0. The van der Waals surface area contributed by atoms with Crippen molar-refractivity contribution >= 4 is 5.91 Å². The van der Waals surface area contributed by atoms with Gasteiger partial charge in [0, 0.05) is 12.6 Å². The van der Waals surface area contributed by atoms with Crippen LogP contribution in [0.1, 0.15) is 37.7 Å². The fourth-order valence-corrected chi connectivity index (χ4v) is 2.66. The maximum absolute atomic E-state index is 12.6. The zero-order valence-corrected chi connectivity index (χ0v) is 11.0. The summed E-state index contributed by atoms with van der Waals surface area (Å²) in [5, 5.41) is 9.51. The number of carbonyl (C=O) groups excluding carboxylic acids is 1. The van der Waals surface area contributed by atoms with E-state index < -0.39 is 5.54 Å². The molecule has 0 aliphatic heterocycles. The minimum Gasteiger partial charge on any atom is -0.508 e. The third-order valence-corrected chi connectivity index (χ3v) is 4.18. The molecule has 1 amide bonds. The van der Waals surface area contributed by atoms with Gasteiger partial charge in [-0.25, -0.2) is 0 Å². The first kappa shape index (κ1) is 12.5. The molecule has 2 fully saturated rings. The van der Waals surface area contributed by atoms with Gasteiger partial charge in [0.2, 0.25) is 5.91 Å². The van der Waals surface area contributed by atoms with Crippen LogP contribution in [0, 0.1) is 0 Å². The average molecular weight is 260 g/mol. The first-order valence-corrected chi connectivity index (χ1v) is 6.96. The fourth-order valence-electron chi connectivity index (χ4n) is 2.66. The average Bonchev–Trinajstić information content (AvgIpc) is 3.16. The van der Waals surface area contributed by atoms with Crippen molar-refractivity contribution in [2.45, 2.75) is 50.2 Å². The van der Waals surface area contributed by atoms with Crippen LogP contribution in [-0.4, -0.2) is 27.5 Å². The number of aromatic hydroxyl groups is 1. The number of benzene rings is 1. The molecular formula is C15H20N2O2. The van der Waals surface area contributed by atoms with Gasteiger partial charge in [-0.2, -0.15) is 0 Å². The van der Waals surface area contributed by atoms with Gasteiger partial charge in [-0.15, -0.1) is 0 Å². The number of rotatable bonds is 4. The predicted molar refractivity (Wildman–Crippen MR) is 72.4 cm³/mol. The van der Waals surface area contributed by atoms with E-state index in [9.17, 15) is 9.90 Å². The highest BCUT2D eigenvalue weighted by molar-refractivity contribution is 5.87. The number of carbonyl (C=O) groups is 1. The number of nitrogens with zero attached hydrogens (tertiary/aromatic N) is 1. The van der Waals surface area contributed by atoms with Crippen molar-refractivity contribution < 1.29 is 9.90 Å². The van der Waals surface area contributed by atoms with Gasteiger partial charge in [-0.1, -0.05) is 12.1 Å². The second kappa shape index (κ2) is 4.53. The Labute approximate surface area is 113 Å². The van der Waals surface area contributed by atoms with Gasteiger partial charge in [0.25, 0.3) is 0 Å². The molecule has 2 aliphatic carbocycles. The Balaban J connectivity index is 1.76. The van der Waals surface area contributed by atoms with Crippen LogP contribution in [0.4, 0.5) is 0 Å². The van der Waals surface area contributed by atoms with Gasteiger partial charge in [-0.3, -0.25) is 4.79 Å². The summed E-state index contributed by atoms with van der Waals surface area (Å²) in [7, 11) is 0. The van der Waals surface area contributed by atoms with E-state index in [1.165, 1.54) is 0 Å². The van der Waals surface area contributed by atoms with Crippen LogP contribution in [0.25, 0.3) is 0 Å². The summed E-state index contributed by atoms with van der Waals surface area (Å²) < 4.78 is 0. The van der Waals surface area contributed by atoms with Crippen molar-refractivity contribution in [1.29, 1.82) is 0 Å². The Morgan fingerprint density at radius 1 is 1.42 bits per heavy atom. The van der Waals surface area contributed by atoms with Crippen LogP contribution in [-0.2, 0) is 11.3 Å². The van der Waals surface area contributed by atoms with E-state index in [-0.39, 0.29) is 11.7 Å². The van der Waals surface area contributed by atoms with Gasteiger partial charge >= 0.3 is 0 Å². The molecule has 0 bridgehead atoms. The standard InChI is InChI=1S/C15H20N2O2/c16-15(7-2-8-15)14(19)17(12-5-6-12)10-11-3-1-4-13(18)9-11/h1,3-4,9,12,18H,2,5-8,10,16H2. The smallest absolute Gasteiger partial charge is 0.243 e. The SMILES string of the molecule is NC1(C(=O)N(Cc2cccc(O)c2)C2CC2)CCC1. The highest BCUT2D eigenvalue weighted by Gasteiger charge is 2.46. The normalized spacial score (nSPS) is 20.7. The molecule has 0 aromatic heterocycles. The second-order valence-corrected chi connectivity index (χ2v) is 5.84. The molecule has 0 heterocycles. The van der Waals surface area contributed by atoms with E-state index >= 15 is 0 Å². The van der Waals surface area contributed by atoms with E-state index in [1.54, 1.807) is 12.1 Å². The van der Waals surface area contributed by atoms with Crippen molar-refractivity contribution in [3.8, 4) is 5.75 Å². The molecule has 4 heteroatoms. The highest BCUT2D eigenvalue weighted by atomic mass is 16.3. The summed E-state index contributed by atoms with van der Waals surface area (Å²) in [6.07, 6.45) is 4.79. The zero-order chi connectivity index (χ0) is 13.5. The first-order valence-electron chi connectivity index (χ1n) is 6.96. The summed E-state index contributed by atoms with van der Waals surface area (Å²) in [5.41, 5.74) is 6.49. The monoisotopic (exact) mass is 260 g/mol. The summed E-state index contributed by atoms with van der Waals surface area (Å²) in [5.74, 6) is 0.330. The largest absolute Gasteiger partial charge is 0.508 e. The molecule has 2 saturated carbocycles. The summed E-state index contributed by atoms with van der Waals surface area (Å²) in [6.45, 7) is 0.552. The molecule has 0 atom stereocenters. The molecule has 2 aliphatic rings. The molecule has 3 N–H and O–H groups in total. The maximum Gasteiger partial charge on any atom is 0.243 e. The molecule has 0 unspecified atom stereocenters. The predicted octanol–water partition coefficient (Wildman–Crippen LogP) is 1.76. The van der Waals surface area contributed by atoms with Crippen LogP contribution in [0.3, 0.4) is 0 Å². The Kier molecular flexibility index (Phi) is 2.97. The van der Waals surface area contributed by atoms with E-state index in [4.69, 9.17) is 5.73 Å². The summed E-state index contributed by atoms with van der Waals surface area (Å²) in [6, 6.07) is 7.44. The Morgan fingerprint density at radius 3 is 2.68 bits per heavy atom. The Hall–Kier alpha value is -1.55. The molecule has 0 radical (unpaired) electrons. The van der Waals surface area contributed by atoms with Crippen molar-refractivity contribution in [2.75, 3.05) is 0 Å². The lowest BCUT2D eigenvalue weighted by molar-refractivity contribution is -0.141. The number of hydrogen-bond donors (Lipinski definition) is 2. The van der Waals surface area contributed by atoms with Crippen LogP contribution < -0.4 is 5.73 Å². The Morgan fingerprint density at radius 2 is 2.16 bits per heavy atom. The number of phenols is 1. The Bertz CT molecular complexity index is 493. The lowest BCUT2D eigenvalue weighted by Crippen LogP contribution is -2.59. The van der Waals surface area contributed by atoms with E-state index in [2.05, 4.69) is 0 Å². The van der Waals surface area contributed by atoms with Gasteiger partial charge in [-0.05, 0) is 49.8 Å². The van der Waals surface area contributed by atoms with Crippen LogP contribution in [0.2, 0.25) is 0 Å². The quantitative estimate of drug-likeness (QED) is 0.867. The van der Waals surface area contributed by atoms with Crippen LogP contribution >= 0.6 is 0 Å². The van der Waals surface area contributed by atoms with Crippen molar-refractivity contribution in [3.63, 3.8) is 0 Å². The fraction of sp³-hybridized carbons (Fsp3) is 0.533. The van der Waals surface area contributed by atoms with Crippen molar-refractivity contribution in [1.82, 2.24) is 4.90 Å². The van der Waals surface area contributed by atoms with Crippen molar-refractivity contribution in [2.24, 2.45) is 5.73 Å². The third-order valence-electron chi connectivity index (χ3n) is 4.18. The second-order valence-electron chi connectivity index (χ2n) is 5.84. The molecule has 102 valence electrons. The zero-order valence-electron chi connectivity index (χ0n) is 11.0. The molecule has 1 aromatic carbocycles. The lowest BCUT2D eigenvalue weighted by atomic mass is 9.76. The van der Waals surface area contributed by atoms with E-state index in [0.717, 1.165) is 37.7 Å². The maximum atomic E-state index is 12.6. The number of nitrogens with two attached hydrogens (primary N) is 1. The molecule has 4 nitrogen and oxygen atoms in total. The minimum atomic E-state index is -0.626. The van der Waals surface area contributed by atoms with Crippen LogP contribution in [0.5, 0.6) is 5.75 Å². The van der Waals surface area contributed by atoms with Gasteiger partial charge in [0.1, 0.15) is 5.75 Å². The van der Waals surface area contributed by atoms with Gasteiger partial charge < -0.3 is 15.7 Å². The highest BCUT2D eigenvalue weighted by Crippen LogP contribution is 2.36. The number of phenolic OH excluding ortho intramolecular Hbond substituents is 1. The summed E-state index contributed by atoms with van der Waals surface area (Å²) in [4.78, 5) is 14.5. The van der Waals surface area contributed by atoms with Crippen molar-refractivity contribution in [3.05, 3.63) is 29.8 Å². The number of amides is 1. The van der Waals surface area contributed by atoms with Gasteiger partial charge in [0.05, 0.1) is 5.54 Å². The molecule has 0 spiro atoms. The molecule has 3 rings (SSSR count). The first-order chi connectivity index (χ1) is 9.08. The number of hydrogen-bond acceptors (Lipinski definition) is 3. The third kappa shape index (κ3) is 2.45. The molecular weight excluding hydrogens is 240 g/mol. The molecule has 1 aromatic rings. The minimum absolute atomic E-state index is 0.0876. The topological polar surface area (TPSA) is 66.6 Å². The molecule has 0 saturated heterocycles. The molecule has 19 heavy (non-hydrogen) atoms. The lowest BCUT2D eigenvalue weighted by Gasteiger charge is -2.40. The van der Waals surface area contributed by atoms with Gasteiger partial charge in [0.15, 0.2) is 0 Å². The van der Waals surface area contributed by atoms with Crippen LogP contribution in [0.15, 0.2) is 24.3 Å².